The van der Waals surface area contributed by atoms with Crippen molar-refractivity contribution in [2.24, 2.45) is 0 Å². The summed E-state index contributed by atoms with van der Waals surface area (Å²) in [5, 5.41) is 2.90. The van der Waals surface area contributed by atoms with Gasteiger partial charge in [-0.1, -0.05) is 36.4 Å². The number of amides is 2. The summed E-state index contributed by atoms with van der Waals surface area (Å²) in [5.41, 5.74) is 5.96. The lowest BCUT2D eigenvalue weighted by atomic mass is 9.99. The maximum Gasteiger partial charge on any atom is 0.262 e. The van der Waals surface area contributed by atoms with Crippen molar-refractivity contribution in [2.75, 3.05) is 16.8 Å². The zero-order chi connectivity index (χ0) is 21.8. The summed E-state index contributed by atoms with van der Waals surface area (Å²) >= 11 is 0. The maximum atomic E-state index is 12.5. The standard InChI is InChI=1S/C26H26N2O3/c1-18-12-19(2)14-23(13-18)31-17-25(29)27-22-9-10-24-21(15-22)8-11-26(30)28(24)16-20-6-4-3-5-7-20/h3-7,9-10,12-15H,8,11,16-17H2,1-2H3,(H,27,29). The molecular formula is C26H26N2O3. The van der Waals surface area contributed by atoms with Gasteiger partial charge in [0.25, 0.3) is 5.91 Å². The molecule has 5 heteroatoms. The summed E-state index contributed by atoms with van der Waals surface area (Å²) < 4.78 is 5.65. The molecule has 0 aliphatic carbocycles. The molecule has 31 heavy (non-hydrogen) atoms. The molecule has 0 fully saturated rings. The topological polar surface area (TPSA) is 58.6 Å². The molecule has 158 valence electrons. The number of fused-ring (bicyclic) bond motifs is 1. The molecule has 1 heterocycles. The molecule has 1 aliphatic rings. The molecule has 0 radical (unpaired) electrons. The van der Waals surface area contributed by atoms with Crippen LogP contribution in [0, 0.1) is 13.8 Å². The fourth-order valence-corrected chi connectivity index (χ4v) is 3.94. The third-order valence-corrected chi connectivity index (χ3v) is 5.31. The first-order valence-corrected chi connectivity index (χ1v) is 10.5. The van der Waals surface area contributed by atoms with E-state index in [1.165, 1.54) is 0 Å². The van der Waals surface area contributed by atoms with Crippen LogP contribution in [0.4, 0.5) is 11.4 Å². The molecule has 2 amide bonds. The number of carbonyl (C=O) groups is 2. The number of hydrogen-bond acceptors (Lipinski definition) is 3. The zero-order valence-electron chi connectivity index (χ0n) is 17.9. The van der Waals surface area contributed by atoms with Crippen molar-refractivity contribution in [1.29, 1.82) is 0 Å². The second kappa shape index (κ2) is 9.04. The van der Waals surface area contributed by atoms with Crippen molar-refractivity contribution in [3.63, 3.8) is 0 Å². The van der Waals surface area contributed by atoms with E-state index in [1.807, 2.05) is 79.4 Å². The van der Waals surface area contributed by atoms with E-state index in [1.54, 1.807) is 0 Å². The fourth-order valence-electron chi connectivity index (χ4n) is 3.94. The molecule has 0 atom stereocenters. The summed E-state index contributed by atoms with van der Waals surface area (Å²) in [4.78, 5) is 26.7. The predicted molar refractivity (Wildman–Crippen MR) is 122 cm³/mol. The van der Waals surface area contributed by atoms with Crippen LogP contribution < -0.4 is 15.0 Å². The van der Waals surface area contributed by atoms with Crippen LogP contribution in [0.15, 0.2) is 66.7 Å². The van der Waals surface area contributed by atoms with Crippen molar-refractivity contribution in [2.45, 2.75) is 33.2 Å². The summed E-state index contributed by atoms with van der Waals surface area (Å²) in [7, 11) is 0. The lowest BCUT2D eigenvalue weighted by Gasteiger charge is -2.30. The highest BCUT2D eigenvalue weighted by Crippen LogP contribution is 2.31. The van der Waals surface area contributed by atoms with Crippen molar-refractivity contribution >= 4 is 23.2 Å². The SMILES string of the molecule is Cc1cc(C)cc(OCC(=O)Nc2ccc3c(c2)CCC(=O)N3Cc2ccccc2)c1. The molecule has 0 saturated heterocycles. The molecule has 5 nitrogen and oxygen atoms in total. The molecule has 3 aromatic carbocycles. The first kappa shape index (κ1) is 20.7. The number of anilines is 2. The quantitative estimate of drug-likeness (QED) is 0.630. The normalized spacial score (nSPS) is 13.0. The van der Waals surface area contributed by atoms with Gasteiger partial charge in [-0.15, -0.1) is 0 Å². The van der Waals surface area contributed by atoms with E-state index in [4.69, 9.17) is 4.74 Å². The highest BCUT2D eigenvalue weighted by atomic mass is 16.5. The number of hydrogen-bond donors (Lipinski definition) is 1. The molecule has 0 spiro atoms. The van der Waals surface area contributed by atoms with Crippen LogP contribution in [0.25, 0.3) is 0 Å². The molecule has 1 N–H and O–H groups in total. The first-order chi connectivity index (χ1) is 15.0. The first-order valence-electron chi connectivity index (χ1n) is 10.5. The summed E-state index contributed by atoms with van der Waals surface area (Å²) in [6.45, 7) is 4.48. The van der Waals surface area contributed by atoms with E-state index >= 15 is 0 Å². The van der Waals surface area contributed by atoms with Gasteiger partial charge in [0.1, 0.15) is 5.75 Å². The molecule has 0 aromatic heterocycles. The monoisotopic (exact) mass is 414 g/mol. The Hall–Kier alpha value is -3.60. The van der Waals surface area contributed by atoms with Crippen LogP contribution in [0.3, 0.4) is 0 Å². The van der Waals surface area contributed by atoms with Crippen LogP contribution in [0.5, 0.6) is 5.75 Å². The summed E-state index contributed by atoms with van der Waals surface area (Å²) in [6.07, 6.45) is 1.13. The number of rotatable bonds is 6. The Balaban J connectivity index is 1.42. The minimum absolute atomic E-state index is 0.0569. The lowest BCUT2D eigenvalue weighted by Crippen LogP contribution is -2.34. The van der Waals surface area contributed by atoms with E-state index in [0.29, 0.717) is 30.8 Å². The van der Waals surface area contributed by atoms with Crippen molar-refractivity contribution in [3.05, 3.63) is 89.0 Å². The van der Waals surface area contributed by atoms with Gasteiger partial charge in [-0.2, -0.15) is 0 Å². The Labute approximate surface area is 182 Å². The van der Waals surface area contributed by atoms with E-state index < -0.39 is 0 Å². The number of benzene rings is 3. The van der Waals surface area contributed by atoms with E-state index in [0.717, 1.165) is 27.9 Å². The second-order valence-electron chi connectivity index (χ2n) is 7.97. The predicted octanol–water partition coefficient (Wildman–Crippen LogP) is 4.80. The average Bonchev–Trinajstić information content (AvgIpc) is 2.74. The highest BCUT2D eigenvalue weighted by molar-refractivity contribution is 5.97. The van der Waals surface area contributed by atoms with Gasteiger partial charge in [-0.3, -0.25) is 9.59 Å². The van der Waals surface area contributed by atoms with Gasteiger partial charge >= 0.3 is 0 Å². The number of ether oxygens (including phenoxy) is 1. The minimum Gasteiger partial charge on any atom is -0.484 e. The Morgan fingerprint density at radius 2 is 1.71 bits per heavy atom. The number of nitrogens with zero attached hydrogens (tertiary/aromatic N) is 1. The van der Waals surface area contributed by atoms with Crippen LogP contribution in [-0.4, -0.2) is 18.4 Å². The van der Waals surface area contributed by atoms with Crippen LogP contribution in [-0.2, 0) is 22.6 Å². The largest absolute Gasteiger partial charge is 0.484 e. The third-order valence-electron chi connectivity index (χ3n) is 5.31. The van der Waals surface area contributed by atoms with Gasteiger partial charge in [0.05, 0.1) is 6.54 Å². The van der Waals surface area contributed by atoms with Gasteiger partial charge in [0.15, 0.2) is 6.61 Å². The fraction of sp³-hybridized carbons (Fsp3) is 0.231. The molecule has 0 bridgehead atoms. The Kier molecular flexibility index (Phi) is 6.03. The van der Waals surface area contributed by atoms with Crippen molar-refractivity contribution < 1.29 is 14.3 Å². The van der Waals surface area contributed by atoms with Gasteiger partial charge in [-0.25, -0.2) is 0 Å². The third kappa shape index (κ3) is 5.12. The maximum absolute atomic E-state index is 12.5. The number of carbonyl (C=O) groups excluding carboxylic acids is 2. The average molecular weight is 415 g/mol. The van der Waals surface area contributed by atoms with E-state index in [9.17, 15) is 9.59 Å². The van der Waals surface area contributed by atoms with Crippen LogP contribution >= 0.6 is 0 Å². The van der Waals surface area contributed by atoms with Gasteiger partial charge in [-0.05, 0) is 72.9 Å². The van der Waals surface area contributed by atoms with Gasteiger partial charge in [0.2, 0.25) is 5.91 Å². The molecular weight excluding hydrogens is 388 g/mol. The lowest BCUT2D eigenvalue weighted by molar-refractivity contribution is -0.119. The highest BCUT2D eigenvalue weighted by Gasteiger charge is 2.24. The Bertz CT molecular complexity index is 1090. The second-order valence-corrected chi connectivity index (χ2v) is 7.97. The minimum atomic E-state index is -0.216. The van der Waals surface area contributed by atoms with Gasteiger partial charge in [0, 0.05) is 17.8 Å². The van der Waals surface area contributed by atoms with Crippen molar-refractivity contribution in [3.8, 4) is 5.75 Å². The molecule has 0 unspecified atom stereocenters. The zero-order valence-corrected chi connectivity index (χ0v) is 17.9. The van der Waals surface area contributed by atoms with Crippen LogP contribution in [0.1, 0.15) is 28.7 Å². The Morgan fingerprint density at radius 1 is 0.968 bits per heavy atom. The molecule has 3 aromatic rings. The molecule has 1 aliphatic heterocycles. The molecule has 4 rings (SSSR count). The van der Waals surface area contributed by atoms with E-state index in [2.05, 4.69) is 11.4 Å². The van der Waals surface area contributed by atoms with Crippen molar-refractivity contribution in [1.82, 2.24) is 0 Å². The molecule has 0 saturated carbocycles. The number of nitrogens with one attached hydrogen (secondary N) is 1. The van der Waals surface area contributed by atoms with Gasteiger partial charge < -0.3 is 15.0 Å². The smallest absolute Gasteiger partial charge is 0.262 e. The summed E-state index contributed by atoms with van der Waals surface area (Å²) in [5.74, 6) is 0.593. The number of aryl methyl sites for hydroxylation is 3. The van der Waals surface area contributed by atoms with E-state index in [-0.39, 0.29) is 18.4 Å². The Morgan fingerprint density at radius 3 is 2.45 bits per heavy atom. The van der Waals surface area contributed by atoms with Crippen LogP contribution in [0.2, 0.25) is 0 Å². The summed E-state index contributed by atoms with van der Waals surface area (Å²) in [6, 6.07) is 21.5.